The number of anilines is 3. The molecule has 3 heterocycles. The minimum Gasteiger partial charge on any atom is -0.381 e. The number of rotatable bonds is 6. The lowest BCUT2D eigenvalue weighted by molar-refractivity contribution is 0.193. The molecule has 0 radical (unpaired) electrons. The monoisotopic (exact) mass is 314 g/mol. The van der Waals surface area contributed by atoms with E-state index in [1.54, 1.807) is 6.20 Å². The summed E-state index contributed by atoms with van der Waals surface area (Å²) in [6.07, 6.45) is 2.76. The maximum absolute atomic E-state index is 5.81. The van der Waals surface area contributed by atoms with E-state index in [1.165, 1.54) is 0 Å². The SMILES string of the molecule is Cc1cccnc1NCCNc1cc(C2CCOC2)nc(N)n1. The van der Waals surface area contributed by atoms with E-state index in [9.17, 15) is 0 Å². The topological polar surface area (TPSA) is 98.0 Å². The van der Waals surface area contributed by atoms with Crippen LogP contribution < -0.4 is 16.4 Å². The van der Waals surface area contributed by atoms with Crippen LogP contribution in [0.2, 0.25) is 0 Å². The van der Waals surface area contributed by atoms with Crippen LogP contribution in [0.5, 0.6) is 0 Å². The summed E-state index contributed by atoms with van der Waals surface area (Å²) in [7, 11) is 0. The largest absolute Gasteiger partial charge is 0.381 e. The van der Waals surface area contributed by atoms with Gasteiger partial charge in [-0.3, -0.25) is 0 Å². The Hall–Kier alpha value is -2.41. The highest BCUT2D eigenvalue weighted by atomic mass is 16.5. The zero-order chi connectivity index (χ0) is 16.1. The Labute approximate surface area is 135 Å². The van der Waals surface area contributed by atoms with Crippen molar-refractivity contribution >= 4 is 17.6 Å². The van der Waals surface area contributed by atoms with Crippen molar-refractivity contribution in [3.05, 3.63) is 35.7 Å². The summed E-state index contributed by atoms with van der Waals surface area (Å²) in [4.78, 5) is 12.9. The van der Waals surface area contributed by atoms with Crippen molar-refractivity contribution in [1.29, 1.82) is 0 Å². The summed E-state index contributed by atoms with van der Waals surface area (Å²) < 4.78 is 5.41. The number of nitrogens with zero attached hydrogens (tertiary/aromatic N) is 3. The lowest BCUT2D eigenvalue weighted by Crippen LogP contribution is -2.16. The molecule has 1 fully saturated rings. The van der Waals surface area contributed by atoms with Crippen LogP contribution in [-0.2, 0) is 4.74 Å². The third kappa shape index (κ3) is 4.07. The first kappa shape index (κ1) is 15.5. The van der Waals surface area contributed by atoms with E-state index in [1.807, 2.05) is 25.1 Å². The van der Waals surface area contributed by atoms with Crippen molar-refractivity contribution in [3.63, 3.8) is 0 Å². The Kier molecular flexibility index (Phi) is 4.87. The molecule has 7 heteroatoms. The van der Waals surface area contributed by atoms with E-state index in [0.717, 1.165) is 42.5 Å². The standard InChI is InChI=1S/C16H22N6O/c1-11-3-2-5-19-15(11)20-7-6-18-14-9-13(21-16(17)22-14)12-4-8-23-10-12/h2-3,5,9,12H,4,6-8,10H2,1H3,(H,19,20)(H3,17,18,21,22). The van der Waals surface area contributed by atoms with E-state index in [2.05, 4.69) is 25.6 Å². The predicted molar refractivity (Wildman–Crippen MR) is 90.6 cm³/mol. The maximum Gasteiger partial charge on any atom is 0.222 e. The first-order valence-electron chi connectivity index (χ1n) is 7.84. The first-order valence-corrected chi connectivity index (χ1v) is 7.84. The minimum absolute atomic E-state index is 0.297. The molecule has 1 aliphatic rings. The number of aryl methyl sites for hydroxylation is 1. The quantitative estimate of drug-likeness (QED) is 0.699. The van der Waals surface area contributed by atoms with Crippen LogP contribution in [0, 0.1) is 6.92 Å². The number of hydrogen-bond acceptors (Lipinski definition) is 7. The number of ether oxygens (including phenoxy) is 1. The second-order valence-electron chi connectivity index (χ2n) is 5.62. The van der Waals surface area contributed by atoms with E-state index in [0.29, 0.717) is 25.0 Å². The molecule has 122 valence electrons. The second kappa shape index (κ2) is 7.23. The Morgan fingerprint density at radius 1 is 1.30 bits per heavy atom. The Balaban J connectivity index is 1.54. The molecule has 0 aliphatic carbocycles. The molecule has 7 nitrogen and oxygen atoms in total. The molecular formula is C16H22N6O. The smallest absolute Gasteiger partial charge is 0.222 e. The lowest BCUT2D eigenvalue weighted by atomic mass is 10.0. The van der Waals surface area contributed by atoms with Gasteiger partial charge in [-0.1, -0.05) is 6.07 Å². The van der Waals surface area contributed by atoms with Crippen molar-refractivity contribution in [2.45, 2.75) is 19.3 Å². The van der Waals surface area contributed by atoms with Crippen LogP contribution in [0.25, 0.3) is 0 Å². The van der Waals surface area contributed by atoms with Crippen LogP contribution in [0.4, 0.5) is 17.6 Å². The third-order valence-corrected chi connectivity index (χ3v) is 3.84. The number of nitrogen functional groups attached to an aromatic ring is 1. The Morgan fingerprint density at radius 3 is 2.96 bits per heavy atom. The number of nitrogens with one attached hydrogen (secondary N) is 2. The third-order valence-electron chi connectivity index (χ3n) is 3.84. The molecule has 1 atom stereocenters. The zero-order valence-electron chi connectivity index (χ0n) is 13.2. The fourth-order valence-electron chi connectivity index (χ4n) is 2.60. The van der Waals surface area contributed by atoms with Crippen molar-refractivity contribution in [2.24, 2.45) is 0 Å². The summed E-state index contributed by atoms with van der Waals surface area (Å²) in [6, 6.07) is 5.92. The number of nitrogens with two attached hydrogens (primary N) is 1. The molecule has 23 heavy (non-hydrogen) atoms. The molecule has 0 aromatic carbocycles. The molecule has 4 N–H and O–H groups in total. The average molecular weight is 314 g/mol. The van der Waals surface area contributed by atoms with Crippen molar-refractivity contribution in [3.8, 4) is 0 Å². The summed E-state index contributed by atoms with van der Waals surface area (Å²) in [5.74, 6) is 2.26. The van der Waals surface area contributed by atoms with Gasteiger partial charge >= 0.3 is 0 Å². The van der Waals surface area contributed by atoms with Gasteiger partial charge in [-0.2, -0.15) is 4.98 Å². The van der Waals surface area contributed by atoms with Crippen LogP contribution in [0.1, 0.15) is 23.6 Å². The molecule has 3 rings (SSSR count). The molecule has 1 aliphatic heterocycles. The van der Waals surface area contributed by atoms with Crippen LogP contribution in [0.3, 0.4) is 0 Å². The highest BCUT2D eigenvalue weighted by Crippen LogP contribution is 2.25. The summed E-state index contributed by atoms with van der Waals surface area (Å²) >= 11 is 0. The molecule has 1 unspecified atom stereocenters. The lowest BCUT2D eigenvalue weighted by Gasteiger charge is -2.12. The van der Waals surface area contributed by atoms with Gasteiger partial charge in [0.1, 0.15) is 11.6 Å². The summed E-state index contributed by atoms with van der Waals surface area (Å²) in [5.41, 5.74) is 7.89. The van der Waals surface area contributed by atoms with Gasteiger partial charge in [-0.25, -0.2) is 9.97 Å². The van der Waals surface area contributed by atoms with Crippen molar-refractivity contribution < 1.29 is 4.74 Å². The normalized spacial score (nSPS) is 17.2. The minimum atomic E-state index is 0.297. The predicted octanol–water partition coefficient (Wildman–Crippen LogP) is 1.79. The van der Waals surface area contributed by atoms with Gasteiger partial charge in [0.15, 0.2) is 0 Å². The van der Waals surface area contributed by atoms with Gasteiger partial charge < -0.3 is 21.1 Å². The van der Waals surface area contributed by atoms with Gasteiger partial charge in [0.25, 0.3) is 0 Å². The average Bonchev–Trinajstić information content (AvgIpc) is 3.07. The molecule has 0 bridgehead atoms. The molecule has 2 aromatic rings. The fraction of sp³-hybridized carbons (Fsp3) is 0.438. The van der Waals surface area contributed by atoms with Crippen LogP contribution in [-0.4, -0.2) is 41.3 Å². The van der Waals surface area contributed by atoms with Crippen LogP contribution >= 0.6 is 0 Å². The van der Waals surface area contributed by atoms with Gasteiger partial charge in [-0.05, 0) is 25.0 Å². The maximum atomic E-state index is 5.81. The highest BCUT2D eigenvalue weighted by Gasteiger charge is 2.20. The Bertz CT molecular complexity index is 657. The van der Waals surface area contributed by atoms with Crippen molar-refractivity contribution in [2.75, 3.05) is 42.7 Å². The fourth-order valence-corrected chi connectivity index (χ4v) is 2.60. The number of hydrogen-bond donors (Lipinski definition) is 3. The van der Waals surface area contributed by atoms with E-state index >= 15 is 0 Å². The van der Waals surface area contributed by atoms with E-state index in [-0.39, 0.29) is 0 Å². The van der Waals surface area contributed by atoms with Crippen LogP contribution in [0.15, 0.2) is 24.4 Å². The first-order chi connectivity index (χ1) is 11.2. The molecular weight excluding hydrogens is 292 g/mol. The van der Waals surface area contributed by atoms with Gasteiger partial charge in [0, 0.05) is 37.9 Å². The molecule has 2 aromatic heterocycles. The summed E-state index contributed by atoms with van der Waals surface area (Å²) in [6.45, 7) is 4.97. The summed E-state index contributed by atoms with van der Waals surface area (Å²) in [5, 5.41) is 6.58. The Morgan fingerprint density at radius 2 is 2.17 bits per heavy atom. The van der Waals surface area contributed by atoms with Crippen molar-refractivity contribution in [1.82, 2.24) is 15.0 Å². The van der Waals surface area contributed by atoms with Gasteiger partial charge in [0.05, 0.1) is 12.3 Å². The highest BCUT2D eigenvalue weighted by molar-refractivity contribution is 5.44. The van der Waals surface area contributed by atoms with Gasteiger partial charge in [0.2, 0.25) is 5.95 Å². The van der Waals surface area contributed by atoms with Gasteiger partial charge in [-0.15, -0.1) is 0 Å². The van der Waals surface area contributed by atoms with E-state index in [4.69, 9.17) is 10.5 Å². The molecule has 0 spiro atoms. The van der Waals surface area contributed by atoms with E-state index < -0.39 is 0 Å². The number of pyridine rings is 1. The molecule has 0 amide bonds. The zero-order valence-corrected chi connectivity index (χ0v) is 13.2. The molecule has 0 saturated carbocycles. The number of aromatic nitrogens is 3. The molecule has 1 saturated heterocycles. The second-order valence-corrected chi connectivity index (χ2v) is 5.62.